The van der Waals surface area contributed by atoms with Gasteiger partial charge in [-0.15, -0.1) is 12.1 Å². The van der Waals surface area contributed by atoms with Crippen LogP contribution in [-0.2, 0) is 21.1 Å². The van der Waals surface area contributed by atoms with Crippen LogP contribution >= 0.6 is 0 Å². The van der Waals surface area contributed by atoms with E-state index in [2.05, 4.69) is 135 Å². The first-order valence-corrected chi connectivity index (χ1v) is 17.9. The normalized spacial score (nSPS) is 11.7. The number of rotatable bonds is 4. The second-order valence-electron chi connectivity index (χ2n) is 14.4. The zero-order valence-corrected chi connectivity index (χ0v) is 33.0. The van der Waals surface area contributed by atoms with Crippen molar-refractivity contribution >= 4 is 54.8 Å². The van der Waals surface area contributed by atoms with Crippen molar-refractivity contribution in [3.8, 4) is 34.0 Å². The average molecular weight is 881 g/mol. The Morgan fingerprint density at radius 1 is 0.574 bits per heavy atom. The van der Waals surface area contributed by atoms with Crippen LogP contribution in [0.15, 0.2) is 104 Å². The number of aromatic nitrogens is 5. The van der Waals surface area contributed by atoms with Gasteiger partial charge in [-0.1, -0.05) is 105 Å². The summed E-state index contributed by atoms with van der Waals surface area (Å²) in [6, 6.07) is 36.8. The third-order valence-corrected chi connectivity index (χ3v) is 10.6. The predicted octanol–water partition coefficient (Wildman–Crippen LogP) is 11.6. The van der Waals surface area contributed by atoms with Gasteiger partial charge in [-0.05, 0) is 86.7 Å². The minimum atomic E-state index is 0. The van der Waals surface area contributed by atoms with E-state index < -0.39 is 0 Å². The fourth-order valence-corrected chi connectivity index (χ4v) is 8.63. The second kappa shape index (κ2) is 12.6. The summed E-state index contributed by atoms with van der Waals surface area (Å²) in [5.41, 5.74) is 15.2. The number of benzene rings is 5. The van der Waals surface area contributed by atoms with Gasteiger partial charge in [0.2, 0.25) is 0 Å². The molecule has 54 heavy (non-hydrogen) atoms. The van der Waals surface area contributed by atoms with Crippen LogP contribution in [0.3, 0.4) is 0 Å². The molecule has 0 fully saturated rings. The van der Waals surface area contributed by atoms with Crippen molar-refractivity contribution in [3.05, 3.63) is 149 Å². The molecular formula is C47H35N5OPt. The van der Waals surface area contributed by atoms with Crippen molar-refractivity contribution in [2.45, 2.75) is 41.5 Å². The van der Waals surface area contributed by atoms with Crippen molar-refractivity contribution in [3.63, 3.8) is 0 Å². The van der Waals surface area contributed by atoms with Crippen LogP contribution in [0.1, 0.15) is 33.4 Å². The van der Waals surface area contributed by atoms with Gasteiger partial charge in [0.25, 0.3) is 0 Å². The first-order valence-electron chi connectivity index (χ1n) is 17.9. The summed E-state index contributed by atoms with van der Waals surface area (Å²) < 4.78 is 11.0. The number of aryl methyl sites for hydroxylation is 6. The molecule has 10 rings (SSSR count). The van der Waals surface area contributed by atoms with E-state index in [1.165, 1.54) is 44.5 Å². The molecule has 0 saturated carbocycles. The van der Waals surface area contributed by atoms with E-state index in [1.54, 1.807) is 0 Å². The molecule has 5 heterocycles. The van der Waals surface area contributed by atoms with E-state index in [-0.39, 0.29) is 21.1 Å². The number of fused-ring (bicyclic) bond motifs is 12. The Morgan fingerprint density at radius 2 is 1.17 bits per heavy atom. The molecule has 0 aliphatic rings. The largest absolute Gasteiger partial charge is 2.00 e. The molecule has 264 valence electrons. The van der Waals surface area contributed by atoms with Crippen LogP contribution in [0, 0.1) is 53.7 Å². The Balaban J connectivity index is 0.00000384. The van der Waals surface area contributed by atoms with Gasteiger partial charge in [-0.25, -0.2) is 4.98 Å². The molecule has 0 aliphatic heterocycles. The van der Waals surface area contributed by atoms with Gasteiger partial charge in [0, 0.05) is 46.7 Å². The molecule has 0 amide bonds. The van der Waals surface area contributed by atoms with Crippen molar-refractivity contribution in [1.29, 1.82) is 0 Å². The predicted molar refractivity (Wildman–Crippen MR) is 215 cm³/mol. The number of para-hydroxylation sites is 1. The first kappa shape index (κ1) is 34.0. The van der Waals surface area contributed by atoms with Gasteiger partial charge in [-0.3, -0.25) is 9.97 Å². The molecule has 0 bridgehead atoms. The zero-order valence-electron chi connectivity index (χ0n) is 30.8. The van der Waals surface area contributed by atoms with Gasteiger partial charge in [0.1, 0.15) is 5.65 Å². The number of nitrogens with zero attached hydrogens (tertiary/aromatic N) is 5. The molecule has 0 saturated heterocycles. The number of hydrogen-bond acceptors (Lipinski definition) is 4. The minimum Gasteiger partial charge on any atom is -0.497 e. The molecule has 7 heteroatoms. The van der Waals surface area contributed by atoms with Gasteiger partial charge in [0.15, 0.2) is 0 Å². The SMILES string of the molecule is Cc1cc(C)c(-c2cn3c4ccccc4c4ccc(Oc5[c-]c6c(cc5)c5cccnc5n5c(-c7c(C)cc(C)cc7C)cnc65)[c-]c4c3n2)c(C)c1.[Pt+2]. The molecule has 0 N–H and O–H groups in total. The van der Waals surface area contributed by atoms with E-state index in [1.807, 2.05) is 30.6 Å². The van der Waals surface area contributed by atoms with Gasteiger partial charge in [0.05, 0.1) is 22.7 Å². The zero-order chi connectivity index (χ0) is 36.1. The molecular weight excluding hydrogens is 846 g/mol. The number of pyridine rings is 3. The van der Waals surface area contributed by atoms with Crippen LogP contribution < -0.4 is 4.74 Å². The summed E-state index contributed by atoms with van der Waals surface area (Å²) in [5, 5.41) is 6.02. The Morgan fingerprint density at radius 3 is 1.85 bits per heavy atom. The Hall–Kier alpha value is -5.84. The Bertz CT molecular complexity index is 3080. The second-order valence-corrected chi connectivity index (χ2v) is 14.4. The fraction of sp³-hybridized carbons (Fsp3) is 0.128. The van der Waals surface area contributed by atoms with Crippen molar-refractivity contribution in [1.82, 2.24) is 23.8 Å². The third kappa shape index (κ3) is 5.15. The molecule has 0 radical (unpaired) electrons. The Labute approximate surface area is 327 Å². The molecule has 0 atom stereocenters. The maximum Gasteiger partial charge on any atom is 2.00 e. The van der Waals surface area contributed by atoms with Crippen molar-refractivity contribution in [2.75, 3.05) is 0 Å². The average Bonchev–Trinajstić information content (AvgIpc) is 3.77. The quantitative estimate of drug-likeness (QED) is 0.131. The van der Waals surface area contributed by atoms with Crippen molar-refractivity contribution < 1.29 is 25.8 Å². The van der Waals surface area contributed by atoms with Crippen LogP contribution in [0.5, 0.6) is 11.5 Å². The van der Waals surface area contributed by atoms with E-state index in [0.717, 1.165) is 66.2 Å². The maximum absolute atomic E-state index is 6.60. The van der Waals surface area contributed by atoms with Crippen LogP contribution in [0.4, 0.5) is 0 Å². The van der Waals surface area contributed by atoms with Crippen LogP contribution in [0.25, 0.3) is 77.3 Å². The molecule has 0 aliphatic carbocycles. The van der Waals surface area contributed by atoms with E-state index >= 15 is 0 Å². The van der Waals surface area contributed by atoms with E-state index in [0.29, 0.717) is 11.5 Å². The smallest absolute Gasteiger partial charge is 0.497 e. The summed E-state index contributed by atoms with van der Waals surface area (Å²) in [6.45, 7) is 12.9. The molecule has 0 unspecified atom stereocenters. The topological polar surface area (TPSA) is 56.7 Å². The molecule has 5 aromatic carbocycles. The summed E-state index contributed by atoms with van der Waals surface area (Å²) in [7, 11) is 0. The summed E-state index contributed by atoms with van der Waals surface area (Å²) in [5.74, 6) is 1.17. The van der Waals surface area contributed by atoms with Crippen LogP contribution in [0.2, 0.25) is 0 Å². The Kier molecular flexibility index (Phi) is 7.95. The van der Waals surface area contributed by atoms with E-state index in [4.69, 9.17) is 19.7 Å². The molecule has 10 aromatic rings. The monoisotopic (exact) mass is 880 g/mol. The van der Waals surface area contributed by atoms with E-state index in [9.17, 15) is 0 Å². The number of hydrogen-bond donors (Lipinski definition) is 0. The third-order valence-electron chi connectivity index (χ3n) is 10.6. The molecule has 5 aromatic heterocycles. The molecule has 6 nitrogen and oxygen atoms in total. The summed E-state index contributed by atoms with van der Waals surface area (Å²) >= 11 is 0. The standard InChI is InChI=1S/C47H35N5O.Pt/c1-26-18-28(3)43(29(4)19-26)40-25-51-41-12-8-7-10-36(41)34-15-13-33(23-39(34)47(51)50-40)53-32-14-16-35-37-11-9-17-48-45(37)52-42(24-49-46(52)38(35)22-32)44-30(5)20-27(2)21-31(44)6;/h7-21,24-25H,1-6H3;/q-2;+2. The number of imidazole rings is 2. The van der Waals surface area contributed by atoms with Crippen molar-refractivity contribution in [2.24, 2.45) is 0 Å². The van der Waals surface area contributed by atoms with Crippen LogP contribution in [-0.4, -0.2) is 23.8 Å². The maximum atomic E-state index is 6.60. The summed E-state index contributed by atoms with van der Waals surface area (Å²) in [6.07, 6.45) is 5.96. The van der Waals surface area contributed by atoms with Gasteiger partial charge >= 0.3 is 21.1 Å². The fourth-order valence-electron chi connectivity index (χ4n) is 8.63. The van der Waals surface area contributed by atoms with Gasteiger partial charge in [-0.2, -0.15) is 0 Å². The summed E-state index contributed by atoms with van der Waals surface area (Å²) in [4.78, 5) is 15.1. The minimum absolute atomic E-state index is 0. The molecule has 0 spiro atoms. The first-order chi connectivity index (χ1) is 25.7. The number of ether oxygens (including phenoxy) is 1. The van der Waals surface area contributed by atoms with Gasteiger partial charge < -0.3 is 13.5 Å².